The van der Waals surface area contributed by atoms with Gasteiger partial charge in [0.2, 0.25) is 0 Å². The third kappa shape index (κ3) is 3.54. The highest BCUT2D eigenvalue weighted by Gasteiger charge is 2.04. The van der Waals surface area contributed by atoms with E-state index in [2.05, 4.69) is 36.8 Å². The van der Waals surface area contributed by atoms with Gasteiger partial charge in [0.1, 0.15) is 12.4 Å². The number of nitrogens with two attached hydrogens (primary N) is 1. The van der Waals surface area contributed by atoms with Crippen molar-refractivity contribution in [3.63, 3.8) is 0 Å². The van der Waals surface area contributed by atoms with Crippen LogP contribution in [0.15, 0.2) is 45.6 Å². The van der Waals surface area contributed by atoms with E-state index in [4.69, 9.17) is 10.5 Å². The first-order valence-electron chi connectivity index (χ1n) is 5.40. The molecule has 2 N–H and O–H groups in total. The average molecular weight is 372 g/mol. The van der Waals surface area contributed by atoms with E-state index in [1.54, 1.807) is 12.4 Å². The van der Waals surface area contributed by atoms with Crippen LogP contribution in [0.2, 0.25) is 0 Å². The van der Waals surface area contributed by atoms with Gasteiger partial charge in [-0.2, -0.15) is 0 Å². The van der Waals surface area contributed by atoms with Crippen molar-refractivity contribution in [1.29, 1.82) is 0 Å². The maximum absolute atomic E-state index is 5.76. The maximum atomic E-state index is 5.76. The Balaban J connectivity index is 2.10. The lowest BCUT2D eigenvalue weighted by Gasteiger charge is -2.10. The molecule has 0 fully saturated rings. The van der Waals surface area contributed by atoms with Crippen molar-refractivity contribution < 1.29 is 4.74 Å². The predicted octanol–water partition coefficient (Wildman–Crippen LogP) is 3.64. The second-order valence-corrected chi connectivity index (χ2v) is 5.59. The second kappa shape index (κ2) is 6.31. The number of rotatable bonds is 4. The van der Waals surface area contributed by atoms with E-state index in [0.29, 0.717) is 13.2 Å². The first-order chi connectivity index (χ1) is 8.69. The molecule has 0 aliphatic carbocycles. The Kier molecular flexibility index (Phi) is 4.74. The van der Waals surface area contributed by atoms with Gasteiger partial charge in [-0.15, -0.1) is 0 Å². The molecule has 0 saturated heterocycles. The Bertz CT molecular complexity index is 546. The van der Waals surface area contributed by atoms with Gasteiger partial charge < -0.3 is 10.5 Å². The summed E-state index contributed by atoms with van der Waals surface area (Å²) in [5, 5.41) is 0. The van der Waals surface area contributed by atoms with Gasteiger partial charge >= 0.3 is 0 Å². The maximum Gasteiger partial charge on any atom is 0.124 e. The largest absolute Gasteiger partial charge is 0.489 e. The summed E-state index contributed by atoms with van der Waals surface area (Å²) >= 11 is 6.80. The second-order valence-electron chi connectivity index (χ2n) is 3.76. The SMILES string of the molecule is NCc1cc(Br)ccc1OCc1cncc(Br)c1. The summed E-state index contributed by atoms with van der Waals surface area (Å²) in [6, 6.07) is 7.80. The molecular formula is C13H12Br2N2O. The standard InChI is InChI=1S/C13H12Br2N2O/c14-11-1-2-13(10(4-11)5-16)18-8-9-3-12(15)7-17-6-9/h1-4,6-7H,5,8,16H2. The number of halogens is 2. The Labute approximate surface area is 123 Å². The zero-order valence-corrected chi connectivity index (χ0v) is 12.7. The normalized spacial score (nSPS) is 10.4. The molecule has 0 aliphatic heterocycles. The van der Waals surface area contributed by atoms with Crippen molar-refractivity contribution in [2.45, 2.75) is 13.2 Å². The Hall–Kier alpha value is -0.910. The average Bonchev–Trinajstić information content (AvgIpc) is 2.37. The van der Waals surface area contributed by atoms with Gasteiger partial charge in [-0.05, 0) is 40.2 Å². The molecule has 1 heterocycles. The summed E-state index contributed by atoms with van der Waals surface area (Å²) in [6.07, 6.45) is 3.53. The molecule has 18 heavy (non-hydrogen) atoms. The van der Waals surface area contributed by atoms with Crippen molar-refractivity contribution in [2.24, 2.45) is 5.73 Å². The van der Waals surface area contributed by atoms with Crippen LogP contribution in [0.25, 0.3) is 0 Å². The zero-order chi connectivity index (χ0) is 13.0. The molecule has 1 aromatic carbocycles. The molecule has 2 aromatic rings. The number of pyridine rings is 1. The molecule has 0 aliphatic rings. The van der Waals surface area contributed by atoms with E-state index in [1.807, 2.05) is 24.3 Å². The lowest BCUT2D eigenvalue weighted by molar-refractivity contribution is 0.302. The molecule has 0 bridgehead atoms. The summed E-state index contributed by atoms with van der Waals surface area (Å²) < 4.78 is 7.70. The fourth-order valence-electron chi connectivity index (χ4n) is 1.54. The predicted molar refractivity (Wildman–Crippen MR) is 78.3 cm³/mol. The number of ether oxygens (including phenoxy) is 1. The molecular weight excluding hydrogens is 360 g/mol. The van der Waals surface area contributed by atoms with Crippen LogP contribution in [0.5, 0.6) is 5.75 Å². The van der Waals surface area contributed by atoms with Crippen LogP contribution in [0.4, 0.5) is 0 Å². The Morgan fingerprint density at radius 1 is 1.11 bits per heavy atom. The molecule has 0 saturated carbocycles. The third-order valence-corrected chi connectivity index (χ3v) is 3.33. The summed E-state index contributed by atoms with van der Waals surface area (Å²) in [4.78, 5) is 4.09. The minimum atomic E-state index is 0.450. The number of hydrogen-bond acceptors (Lipinski definition) is 3. The van der Waals surface area contributed by atoms with Gasteiger partial charge in [-0.3, -0.25) is 4.98 Å². The summed E-state index contributed by atoms with van der Waals surface area (Å²) in [5.41, 5.74) is 7.68. The Morgan fingerprint density at radius 3 is 2.67 bits per heavy atom. The molecule has 0 atom stereocenters. The van der Waals surface area contributed by atoms with Crippen LogP contribution in [-0.4, -0.2) is 4.98 Å². The van der Waals surface area contributed by atoms with Crippen LogP contribution in [-0.2, 0) is 13.2 Å². The van der Waals surface area contributed by atoms with Crippen molar-refractivity contribution in [2.75, 3.05) is 0 Å². The zero-order valence-electron chi connectivity index (χ0n) is 9.57. The van der Waals surface area contributed by atoms with Gasteiger partial charge in [0, 0.05) is 39.0 Å². The van der Waals surface area contributed by atoms with Crippen molar-refractivity contribution in [1.82, 2.24) is 4.98 Å². The fraction of sp³-hybridized carbons (Fsp3) is 0.154. The van der Waals surface area contributed by atoms with Gasteiger partial charge in [-0.1, -0.05) is 15.9 Å². The minimum Gasteiger partial charge on any atom is -0.489 e. The number of hydrogen-bond donors (Lipinski definition) is 1. The van der Waals surface area contributed by atoms with Gasteiger partial charge in [0.15, 0.2) is 0 Å². The van der Waals surface area contributed by atoms with E-state index in [1.165, 1.54) is 0 Å². The highest BCUT2D eigenvalue weighted by molar-refractivity contribution is 9.10. The van der Waals surface area contributed by atoms with Crippen molar-refractivity contribution in [3.05, 3.63) is 56.7 Å². The number of nitrogens with zero attached hydrogens (tertiary/aromatic N) is 1. The van der Waals surface area contributed by atoms with Gasteiger partial charge in [-0.25, -0.2) is 0 Å². The van der Waals surface area contributed by atoms with Crippen LogP contribution in [0, 0.1) is 0 Å². The van der Waals surface area contributed by atoms with Crippen molar-refractivity contribution >= 4 is 31.9 Å². The quantitative estimate of drug-likeness (QED) is 0.892. The molecule has 1 aromatic heterocycles. The van der Waals surface area contributed by atoms with Crippen molar-refractivity contribution in [3.8, 4) is 5.75 Å². The van der Waals surface area contributed by atoms with Crippen LogP contribution < -0.4 is 10.5 Å². The summed E-state index contributed by atoms with van der Waals surface area (Å²) in [6.45, 7) is 0.923. The van der Waals surface area contributed by atoms with E-state index >= 15 is 0 Å². The molecule has 0 radical (unpaired) electrons. The highest BCUT2D eigenvalue weighted by Crippen LogP contribution is 2.23. The van der Waals surface area contributed by atoms with Crippen LogP contribution in [0.3, 0.4) is 0 Å². The molecule has 5 heteroatoms. The van der Waals surface area contributed by atoms with E-state index < -0.39 is 0 Å². The summed E-state index contributed by atoms with van der Waals surface area (Å²) in [5.74, 6) is 0.806. The number of aromatic nitrogens is 1. The van der Waals surface area contributed by atoms with Gasteiger partial charge in [0.25, 0.3) is 0 Å². The lowest BCUT2D eigenvalue weighted by atomic mass is 10.2. The molecule has 0 unspecified atom stereocenters. The van der Waals surface area contributed by atoms with Crippen LogP contribution in [0.1, 0.15) is 11.1 Å². The first-order valence-corrected chi connectivity index (χ1v) is 6.98. The topological polar surface area (TPSA) is 48.1 Å². The fourth-order valence-corrected chi connectivity index (χ4v) is 2.36. The number of benzene rings is 1. The highest BCUT2D eigenvalue weighted by atomic mass is 79.9. The molecule has 0 spiro atoms. The molecule has 0 amide bonds. The smallest absolute Gasteiger partial charge is 0.124 e. The minimum absolute atomic E-state index is 0.450. The molecule has 94 valence electrons. The van der Waals surface area contributed by atoms with E-state index in [9.17, 15) is 0 Å². The summed E-state index contributed by atoms with van der Waals surface area (Å²) in [7, 11) is 0. The van der Waals surface area contributed by atoms with E-state index in [0.717, 1.165) is 25.8 Å². The van der Waals surface area contributed by atoms with E-state index in [-0.39, 0.29) is 0 Å². The Morgan fingerprint density at radius 2 is 1.94 bits per heavy atom. The third-order valence-electron chi connectivity index (χ3n) is 2.40. The monoisotopic (exact) mass is 370 g/mol. The lowest BCUT2D eigenvalue weighted by Crippen LogP contribution is -2.03. The van der Waals surface area contributed by atoms with Gasteiger partial charge in [0.05, 0.1) is 0 Å². The molecule has 3 nitrogen and oxygen atoms in total. The van der Waals surface area contributed by atoms with Crippen LogP contribution >= 0.6 is 31.9 Å². The first kappa shape index (κ1) is 13.5. The molecule has 2 rings (SSSR count).